The van der Waals surface area contributed by atoms with Crippen molar-refractivity contribution in [2.24, 2.45) is 5.92 Å². The van der Waals surface area contributed by atoms with Gasteiger partial charge in [-0.25, -0.2) is 0 Å². The van der Waals surface area contributed by atoms with Crippen LogP contribution in [0.5, 0.6) is 0 Å². The molecule has 3 aliphatic rings. The zero-order valence-electron chi connectivity index (χ0n) is 15.1. The van der Waals surface area contributed by atoms with Crippen LogP contribution in [-0.2, 0) is 4.79 Å². The van der Waals surface area contributed by atoms with Gasteiger partial charge in [0.15, 0.2) is 11.5 Å². The molecule has 1 N–H and O–H groups in total. The topological polar surface area (TPSA) is 78.7 Å². The van der Waals surface area contributed by atoms with E-state index in [1.807, 2.05) is 16.6 Å². The van der Waals surface area contributed by atoms with E-state index in [0.717, 1.165) is 43.5 Å². The molecule has 0 spiro atoms. The summed E-state index contributed by atoms with van der Waals surface area (Å²) in [5, 5.41) is 16.4. The van der Waals surface area contributed by atoms with E-state index >= 15 is 0 Å². The molecule has 1 unspecified atom stereocenters. The molecule has 3 fully saturated rings. The van der Waals surface area contributed by atoms with E-state index in [2.05, 4.69) is 32.4 Å². The number of hydrogen-bond acceptors (Lipinski definition) is 6. The minimum atomic E-state index is 0.187. The van der Waals surface area contributed by atoms with Gasteiger partial charge in [0.1, 0.15) is 5.82 Å². The SMILES string of the molecule is CN(CC1CNC(=O)C1)C1CN(c2ccc3nnc(C4CCC4)n3n2)C1. The number of nitrogens with zero attached hydrogens (tertiary/aromatic N) is 6. The molecular weight excluding hydrogens is 330 g/mol. The largest absolute Gasteiger partial charge is 0.356 e. The van der Waals surface area contributed by atoms with E-state index < -0.39 is 0 Å². The Hall–Kier alpha value is -2.22. The highest BCUT2D eigenvalue weighted by Gasteiger charge is 2.34. The van der Waals surface area contributed by atoms with Gasteiger partial charge in [-0.15, -0.1) is 15.3 Å². The first kappa shape index (κ1) is 16.0. The zero-order chi connectivity index (χ0) is 17.7. The Morgan fingerprint density at radius 2 is 2.12 bits per heavy atom. The third-order valence-electron chi connectivity index (χ3n) is 6.16. The number of nitrogens with one attached hydrogen (secondary N) is 1. The fourth-order valence-electron chi connectivity index (χ4n) is 4.16. The molecular formula is C18H25N7O. The third-order valence-corrected chi connectivity index (χ3v) is 6.16. The molecule has 1 aliphatic carbocycles. The molecule has 8 nitrogen and oxygen atoms in total. The molecule has 1 atom stereocenters. The molecule has 2 aliphatic heterocycles. The highest BCUT2D eigenvalue weighted by Crippen LogP contribution is 2.35. The number of likely N-dealkylation sites (N-methyl/N-ethyl adjacent to an activating group) is 1. The highest BCUT2D eigenvalue weighted by molar-refractivity contribution is 5.78. The monoisotopic (exact) mass is 355 g/mol. The Morgan fingerprint density at radius 3 is 2.81 bits per heavy atom. The Labute approximate surface area is 152 Å². The minimum Gasteiger partial charge on any atom is -0.356 e. The van der Waals surface area contributed by atoms with E-state index in [1.54, 1.807) is 0 Å². The predicted octanol–water partition coefficient (Wildman–Crippen LogP) is 0.648. The molecule has 138 valence electrons. The summed E-state index contributed by atoms with van der Waals surface area (Å²) in [6.07, 6.45) is 4.34. The molecule has 4 heterocycles. The maximum Gasteiger partial charge on any atom is 0.220 e. The number of fused-ring (bicyclic) bond motifs is 1. The average Bonchev–Trinajstić information content (AvgIpc) is 3.11. The first-order valence-electron chi connectivity index (χ1n) is 9.61. The minimum absolute atomic E-state index is 0.187. The lowest BCUT2D eigenvalue weighted by molar-refractivity contribution is -0.119. The summed E-state index contributed by atoms with van der Waals surface area (Å²) < 4.78 is 1.94. The van der Waals surface area contributed by atoms with Crippen LogP contribution in [0.2, 0.25) is 0 Å². The third kappa shape index (κ3) is 2.72. The number of aromatic nitrogens is 4. The molecule has 2 aromatic heterocycles. The lowest BCUT2D eigenvalue weighted by Crippen LogP contribution is -2.59. The second kappa shape index (κ2) is 6.19. The zero-order valence-corrected chi connectivity index (χ0v) is 15.1. The summed E-state index contributed by atoms with van der Waals surface area (Å²) in [6.45, 7) is 3.74. The van der Waals surface area contributed by atoms with Crippen molar-refractivity contribution in [3.05, 3.63) is 18.0 Å². The number of carbonyl (C=O) groups excluding carboxylic acids is 1. The molecule has 5 rings (SSSR count). The summed E-state index contributed by atoms with van der Waals surface area (Å²) in [5.41, 5.74) is 0.836. The quantitative estimate of drug-likeness (QED) is 0.848. The van der Waals surface area contributed by atoms with E-state index in [4.69, 9.17) is 5.10 Å². The van der Waals surface area contributed by atoms with Crippen molar-refractivity contribution in [1.82, 2.24) is 30.0 Å². The van der Waals surface area contributed by atoms with Crippen molar-refractivity contribution in [2.75, 3.05) is 38.1 Å². The van der Waals surface area contributed by atoms with Gasteiger partial charge in [-0.2, -0.15) is 4.52 Å². The van der Waals surface area contributed by atoms with Gasteiger partial charge in [-0.05, 0) is 37.9 Å². The molecule has 2 aromatic rings. The Kier molecular flexibility index (Phi) is 3.81. The van der Waals surface area contributed by atoms with Gasteiger partial charge >= 0.3 is 0 Å². The lowest BCUT2D eigenvalue weighted by atomic mass is 9.85. The van der Waals surface area contributed by atoms with E-state index in [0.29, 0.717) is 24.3 Å². The molecule has 0 aromatic carbocycles. The molecule has 1 amide bonds. The van der Waals surface area contributed by atoms with Gasteiger partial charge in [0.05, 0.1) is 0 Å². The summed E-state index contributed by atoms with van der Waals surface area (Å²) in [5.74, 6) is 3.16. The van der Waals surface area contributed by atoms with Gasteiger partial charge in [0.2, 0.25) is 5.91 Å². The van der Waals surface area contributed by atoms with Gasteiger partial charge in [0, 0.05) is 44.6 Å². The fraction of sp³-hybridized carbons (Fsp3) is 0.667. The predicted molar refractivity (Wildman–Crippen MR) is 97.1 cm³/mol. The highest BCUT2D eigenvalue weighted by atomic mass is 16.1. The fourth-order valence-corrected chi connectivity index (χ4v) is 4.16. The second-order valence-electron chi connectivity index (χ2n) is 8.02. The number of hydrogen-bond donors (Lipinski definition) is 1. The smallest absolute Gasteiger partial charge is 0.220 e. The average molecular weight is 355 g/mol. The van der Waals surface area contributed by atoms with E-state index in [1.165, 1.54) is 19.3 Å². The van der Waals surface area contributed by atoms with Gasteiger partial charge in [0.25, 0.3) is 0 Å². The number of anilines is 1. The van der Waals surface area contributed by atoms with Crippen molar-refractivity contribution in [3.63, 3.8) is 0 Å². The number of amides is 1. The summed E-state index contributed by atoms with van der Waals surface area (Å²) in [4.78, 5) is 16.0. The van der Waals surface area contributed by atoms with Crippen LogP contribution in [0.4, 0.5) is 5.82 Å². The van der Waals surface area contributed by atoms with Crippen LogP contribution in [0.15, 0.2) is 12.1 Å². The van der Waals surface area contributed by atoms with Gasteiger partial charge in [-0.1, -0.05) is 6.42 Å². The Morgan fingerprint density at radius 1 is 1.27 bits per heavy atom. The van der Waals surface area contributed by atoms with Crippen molar-refractivity contribution in [2.45, 2.75) is 37.6 Å². The molecule has 0 bridgehead atoms. The van der Waals surface area contributed by atoms with Gasteiger partial charge in [-0.3, -0.25) is 9.69 Å². The van der Waals surface area contributed by atoms with Crippen LogP contribution >= 0.6 is 0 Å². The normalized spacial score (nSPS) is 24.2. The van der Waals surface area contributed by atoms with Crippen LogP contribution in [-0.4, -0.2) is 69.9 Å². The van der Waals surface area contributed by atoms with E-state index in [-0.39, 0.29) is 5.91 Å². The first-order valence-corrected chi connectivity index (χ1v) is 9.61. The number of rotatable bonds is 5. The van der Waals surface area contributed by atoms with Crippen molar-refractivity contribution >= 4 is 17.4 Å². The second-order valence-corrected chi connectivity index (χ2v) is 8.02. The lowest BCUT2D eigenvalue weighted by Gasteiger charge is -2.45. The maximum atomic E-state index is 11.4. The van der Waals surface area contributed by atoms with Crippen molar-refractivity contribution in [3.8, 4) is 0 Å². The Balaban J connectivity index is 1.23. The molecule has 26 heavy (non-hydrogen) atoms. The maximum absolute atomic E-state index is 11.4. The molecule has 1 saturated carbocycles. The summed E-state index contributed by atoms with van der Waals surface area (Å²) in [6, 6.07) is 4.59. The first-order chi connectivity index (χ1) is 12.7. The van der Waals surface area contributed by atoms with Crippen LogP contribution in [0.1, 0.15) is 37.4 Å². The van der Waals surface area contributed by atoms with Crippen LogP contribution in [0.3, 0.4) is 0 Å². The molecule has 2 saturated heterocycles. The molecule has 8 heteroatoms. The number of carbonyl (C=O) groups is 1. The van der Waals surface area contributed by atoms with Crippen LogP contribution in [0, 0.1) is 5.92 Å². The van der Waals surface area contributed by atoms with Crippen molar-refractivity contribution in [1.29, 1.82) is 0 Å². The van der Waals surface area contributed by atoms with Crippen molar-refractivity contribution < 1.29 is 4.79 Å². The van der Waals surface area contributed by atoms with Crippen LogP contribution in [0.25, 0.3) is 5.65 Å². The summed E-state index contributed by atoms with van der Waals surface area (Å²) >= 11 is 0. The Bertz CT molecular complexity index is 824. The van der Waals surface area contributed by atoms with Crippen LogP contribution < -0.4 is 10.2 Å². The van der Waals surface area contributed by atoms with Gasteiger partial charge < -0.3 is 10.2 Å². The summed E-state index contributed by atoms with van der Waals surface area (Å²) in [7, 11) is 2.16. The van der Waals surface area contributed by atoms with E-state index in [9.17, 15) is 4.79 Å². The standard InChI is InChI=1S/C18H25N7O/c1-23(9-12-7-17(26)19-8-12)14-10-24(11-14)16-6-5-15-20-21-18(25(15)22-16)13-3-2-4-13/h5-6,12-14H,2-4,7-11H2,1H3,(H,19,26). The molecule has 0 radical (unpaired) electrons.